The lowest BCUT2D eigenvalue weighted by Gasteiger charge is -2.27. The third-order valence-corrected chi connectivity index (χ3v) is 3.35. The van der Waals surface area contributed by atoms with Gasteiger partial charge in [-0.25, -0.2) is 0 Å². The molecule has 0 unspecified atom stereocenters. The quantitative estimate of drug-likeness (QED) is 0.890. The van der Waals surface area contributed by atoms with E-state index in [9.17, 15) is 9.90 Å². The Morgan fingerprint density at radius 1 is 1.39 bits per heavy atom. The molecule has 0 atom stereocenters. The van der Waals surface area contributed by atoms with Crippen molar-refractivity contribution in [2.75, 3.05) is 26.8 Å². The maximum atomic E-state index is 12.2. The third kappa shape index (κ3) is 3.01. The fraction of sp³-hybridized carbons (Fsp3) is 0.500. The van der Waals surface area contributed by atoms with Crippen molar-refractivity contribution in [3.63, 3.8) is 0 Å². The first-order valence-corrected chi connectivity index (χ1v) is 6.29. The first kappa shape index (κ1) is 12.9. The highest BCUT2D eigenvalue weighted by Crippen LogP contribution is 2.20. The lowest BCUT2D eigenvalue weighted by Crippen LogP contribution is -2.34. The molecule has 98 valence electrons. The molecule has 0 saturated carbocycles. The molecule has 0 aliphatic carbocycles. The van der Waals surface area contributed by atoms with E-state index in [4.69, 9.17) is 4.74 Å². The normalized spacial score (nSPS) is 16.5. The number of hydrogen-bond donors (Lipinski definition) is 1. The fourth-order valence-electron chi connectivity index (χ4n) is 2.26. The number of phenols is 1. The van der Waals surface area contributed by atoms with Gasteiger partial charge in [-0.1, -0.05) is 12.1 Å². The molecule has 1 aliphatic rings. The van der Waals surface area contributed by atoms with Gasteiger partial charge in [-0.3, -0.25) is 4.79 Å². The molecular formula is C14H19NO3. The average molecular weight is 249 g/mol. The van der Waals surface area contributed by atoms with Crippen molar-refractivity contribution < 1.29 is 14.6 Å². The Kier molecular flexibility index (Phi) is 4.20. The molecule has 1 amide bonds. The molecule has 18 heavy (non-hydrogen) atoms. The zero-order valence-corrected chi connectivity index (χ0v) is 10.6. The summed E-state index contributed by atoms with van der Waals surface area (Å²) in [7, 11) is 1.78. The number of carbonyl (C=O) groups excluding carboxylic acids is 1. The maximum absolute atomic E-state index is 12.2. The van der Waals surface area contributed by atoms with Crippen molar-refractivity contribution in [3.05, 3.63) is 29.8 Å². The molecule has 1 fully saturated rings. The van der Waals surface area contributed by atoms with Crippen LogP contribution >= 0.6 is 0 Å². The van der Waals surface area contributed by atoms with Gasteiger partial charge in [0.2, 0.25) is 0 Å². The van der Waals surface area contributed by atoms with Gasteiger partial charge in [-0.2, -0.15) is 0 Å². The van der Waals surface area contributed by atoms with Gasteiger partial charge in [0.25, 0.3) is 5.91 Å². The topological polar surface area (TPSA) is 49.8 Å². The second kappa shape index (κ2) is 5.87. The monoisotopic (exact) mass is 249 g/mol. The highest BCUT2D eigenvalue weighted by atomic mass is 16.5. The predicted octanol–water partition coefficient (Wildman–Crippen LogP) is 1.89. The molecule has 1 heterocycles. The van der Waals surface area contributed by atoms with E-state index in [1.165, 1.54) is 6.07 Å². The number of aromatic hydroxyl groups is 1. The van der Waals surface area contributed by atoms with Crippen LogP contribution in [-0.2, 0) is 4.74 Å². The average Bonchev–Trinajstić information content (AvgIpc) is 2.39. The Labute approximate surface area is 107 Å². The lowest BCUT2D eigenvalue weighted by molar-refractivity contribution is 0.0496. The molecule has 0 spiro atoms. The summed E-state index contributed by atoms with van der Waals surface area (Å²) in [5, 5.41) is 9.67. The van der Waals surface area contributed by atoms with E-state index in [1.807, 2.05) is 0 Å². The van der Waals surface area contributed by atoms with Crippen LogP contribution in [0.25, 0.3) is 0 Å². The van der Waals surface area contributed by atoms with Gasteiger partial charge in [0.05, 0.1) is 5.56 Å². The first-order chi connectivity index (χ1) is 8.68. The number of amides is 1. The van der Waals surface area contributed by atoms with Crippen LogP contribution in [0.5, 0.6) is 5.75 Å². The van der Waals surface area contributed by atoms with E-state index in [0.717, 1.165) is 32.6 Å². The van der Waals surface area contributed by atoms with Crippen molar-refractivity contribution in [2.45, 2.75) is 12.8 Å². The Balaban J connectivity index is 1.98. The van der Waals surface area contributed by atoms with Crippen LogP contribution in [0.4, 0.5) is 0 Å². The minimum Gasteiger partial charge on any atom is -0.507 e. The minimum atomic E-state index is -0.125. The summed E-state index contributed by atoms with van der Waals surface area (Å²) < 4.78 is 5.30. The summed E-state index contributed by atoms with van der Waals surface area (Å²) in [6, 6.07) is 6.66. The number of benzene rings is 1. The smallest absolute Gasteiger partial charge is 0.257 e. The summed E-state index contributed by atoms with van der Waals surface area (Å²) in [5.41, 5.74) is 0.368. The minimum absolute atomic E-state index is 0.0429. The van der Waals surface area contributed by atoms with Crippen LogP contribution in [0.3, 0.4) is 0 Å². The number of ether oxygens (including phenoxy) is 1. The summed E-state index contributed by atoms with van der Waals surface area (Å²) in [6.45, 7) is 2.28. The lowest BCUT2D eigenvalue weighted by atomic mass is 9.99. The number of carbonyl (C=O) groups is 1. The molecule has 1 aromatic rings. The predicted molar refractivity (Wildman–Crippen MR) is 68.6 cm³/mol. The first-order valence-electron chi connectivity index (χ1n) is 6.29. The molecular weight excluding hydrogens is 230 g/mol. The maximum Gasteiger partial charge on any atom is 0.257 e. The van der Waals surface area contributed by atoms with Gasteiger partial charge in [0.15, 0.2) is 0 Å². The van der Waals surface area contributed by atoms with Gasteiger partial charge < -0.3 is 14.7 Å². The van der Waals surface area contributed by atoms with Gasteiger partial charge in [0, 0.05) is 26.8 Å². The van der Waals surface area contributed by atoms with E-state index in [1.54, 1.807) is 30.1 Å². The second-order valence-electron chi connectivity index (χ2n) is 4.76. The summed E-state index contributed by atoms with van der Waals surface area (Å²) >= 11 is 0. The van der Waals surface area contributed by atoms with Gasteiger partial charge in [-0.05, 0) is 30.9 Å². The number of hydrogen-bond acceptors (Lipinski definition) is 3. The van der Waals surface area contributed by atoms with Crippen molar-refractivity contribution in [1.29, 1.82) is 0 Å². The molecule has 0 radical (unpaired) electrons. The molecule has 1 saturated heterocycles. The Bertz CT molecular complexity index is 413. The number of nitrogens with zero attached hydrogens (tertiary/aromatic N) is 1. The SMILES string of the molecule is CN(CC1CCOCC1)C(=O)c1ccccc1O. The van der Waals surface area contributed by atoms with Gasteiger partial charge >= 0.3 is 0 Å². The Morgan fingerprint density at radius 2 is 2.06 bits per heavy atom. The summed E-state index contributed by atoms with van der Waals surface area (Å²) in [5.74, 6) is 0.416. The zero-order chi connectivity index (χ0) is 13.0. The molecule has 1 N–H and O–H groups in total. The largest absolute Gasteiger partial charge is 0.507 e. The molecule has 4 nitrogen and oxygen atoms in total. The molecule has 0 bridgehead atoms. The highest BCUT2D eigenvalue weighted by Gasteiger charge is 2.20. The molecule has 0 aromatic heterocycles. The van der Waals surface area contributed by atoms with Crippen LogP contribution in [0.2, 0.25) is 0 Å². The summed E-state index contributed by atoms with van der Waals surface area (Å²) in [6.07, 6.45) is 2.00. The Morgan fingerprint density at radius 3 is 2.72 bits per heavy atom. The Hall–Kier alpha value is -1.55. The van der Waals surface area contributed by atoms with E-state index in [0.29, 0.717) is 11.5 Å². The number of para-hydroxylation sites is 1. The van der Waals surface area contributed by atoms with Crippen molar-refractivity contribution in [1.82, 2.24) is 4.90 Å². The fourth-order valence-corrected chi connectivity index (χ4v) is 2.26. The van der Waals surface area contributed by atoms with Gasteiger partial charge in [-0.15, -0.1) is 0 Å². The highest BCUT2D eigenvalue weighted by molar-refractivity contribution is 5.96. The van der Waals surface area contributed by atoms with Crippen LogP contribution in [0, 0.1) is 5.92 Å². The van der Waals surface area contributed by atoms with Crippen LogP contribution in [-0.4, -0.2) is 42.7 Å². The van der Waals surface area contributed by atoms with E-state index in [2.05, 4.69) is 0 Å². The molecule has 1 aliphatic heterocycles. The molecule has 2 rings (SSSR count). The van der Waals surface area contributed by atoms with Crippen molar-refractivity contribution in [2.24, 2.45) is 5.92 Å². The third-order valence-electron chi connectivity index (χ3n) is 3.35. The van der Waals surface area contributed by atoms with E-state index >= 15 is 0 Å². The zero-order valence-electron chi connectivity index (χ0n) is 10.6. The van der Waals surface area contributed by atoms with Crippen molar-refractivity contribution in [3.8, 4) is 5.75 Å². The van der Waals surface area contributed by atoms with Crippen LogP contribution < -0.4 is 0 Å². The molecule has 4 heteroatoms. The number of rotatable bonds is 3. The summed E-state index contributed by atoms with van der Waals surface area (Å²) in [4.78, 5) is 13.9. The number of phenolic OH excluding ortho intramolecular Hbond substituents is 1. The van der Waals surface area contributed by atoms with Crippen LogP contribution in [0.15, 0.2) is 24.3 Å². The van der Waals surface area contributed by atoms with E-state index in [-0.39, 0.29) is 11.7 Å². The molecule has 1 aromatic carbocycles. The van der Waals surface area contributed by atoms with Crippen LogP contribution in [0.1, 0.15) is 23.2 Å². The van der Waals surface area contributed by atoms with Crippen molar-refractivity contribution >= 4 is 5.91 Å². The standard InChI is InChI=1S/C14H19NO3/c1-15(10-11-6-8-18-9-7-11)14(17)12-4-2-3-5-13(12)16/h2-5,11,16H,6-10H2,1H3. The van der Waals surface area contributed by atoms with E-state index < -0.39 is 0 Å². The van der Waals surface area contributed by atoms with Gasteiger partial charge in [0.1, 0.15) is 5.75 Å². The second-order valence-corrected chi connectivity index (χ2v) is 4.76.